The van der Waals surface area contributed by atoms with Crippen LogP contribution in [0, 0.1) is 24.0 Å². The zero-order valence-electron chi connectivity index (χ0n) is 15.1. The molecule has 0 atom stereocenters. The van der Waals surface area contributed by atoms with Gasteiger partial charge in [-0.25, -0.2) is 9.97 Å². The number of nitro groups is 1. The van der Waals surface area contributed by atoms with Crippen LogP contribution in [0.5, 0.6) is 5.75 Å². The number of rotatable bonds is 4. The number of aromatic hydroxyl groups is 1. The van der Waals surface area contributed by atoms with Crippen molar-refractivity contribution in [2.45, 2.75) is 13.8 Å². The highest BCUT2D eigenvalue weighted by Gasteiger charge is 2.16. The highest BCUT2D eigenvalue weighted by atomic mass is 32.1. The molecule has 0 saturated heterocycles. The molecule has 4 aromatic rings. The fraction of sp³-hybridized carbons (Fsp3) is 0.100. The normalized spacial score (nSPS) is 10.9. The second-order valence-corrected chi connectivity index (χ2v) is 7.29. The van der Waals surface area contributed by atoms with Crippen LogP contribution in [-0.4, -0.2) is 20.0 Å². The summed E-state index contributed by atoms with van der Waals surface area (Å²) in [6.45, 7) is 4.12. The van der Waals surface area contributed by atoms with E-state index in [-0.39, 0.29) is 17.1 Å². The molecule has 2 N–H and O–H groups in total. The van der Waals surface area contributed by atoms with E-state index in [0.29, 0.717) is 5.82 Å². The summed E-state index contributed by atoms with van der Waals surface area (Å²) in [4.78, 5) is 20.0. The van der Waals surface area contributed by atoms with Crippen LogP contribution >= 0.6 is 11.3 Å². The van der Waals surface area contributed by atoms with Gasteiger partial charge in [-0.2, -0.15) is 0 Å². The van der Waals surface area contributed by atoms with Crippen LogP contribution in [0.1, 0.15) is 11.1 Å². The Morgan fingerprint density at radius 1 is 1.11 bits per heavy atom. The van der Waals surface area contributed by atoms with Gasteiger partial charge in [-0.1, -0.05) is 18.2 Å². The molecule has 0 fully saturated rings. The van der Waals surface area contributed by atoms with Crippen molar-refractivity contribution < 1.29 is 10.0 Å². The van der Waals surface area contributed by atoms with Gasteiger partial charge in [-0.15, -0.1) is 11.3 Å². The number of fused-ring (bicyclic) bond motifs is 1. The molecule has 8 heteroatoms. The number of aromatic nitrogens is 2. The second kappa shape index (κ2) is 6.90. The maximum absolute atomic E-state index is 11.1. The number of hydrogen-bond donors (Lipinski definition) is 2. The summed E-state index contributed by atoms with van der Waals surface area (Å²) in [5.41, 5.74) is 4.49. The van der Waals surface area contributed by atoms with Crippen molar-refractivity contribution in [3.8, 4) is 16.9 Å². The standard InChI is InChI=1S/C20H16N4O3S/c1-11-3-4-13(7-12(11)2)15-9-28-20-18(15)19(21-10-22-20)23-16-8-14(24(26)27)5-6-17(16)25/h3-10,25H,1-2H3,(H,21,22,23). The maximum atomic E-state index is 11.1. The minimum absolute atomic E-state index is 0.0969. The highest BCUT2D eigenvalue weighted by molar-refractivity contribution is 7.17. The lowest BCUT2D eigenvalue weighted by molar-refractivity contribution is -0.384. The van der Waals surface area contributed by atoms with E-state index in [1.807, 2.05) is 11.4 Å². The molecule has 0 bridgehead atoms. The van der Waals surface area contributed by atoms with Crippen LogP contribution in [0.25, 0.3) is 21.3 Å². The SMILES string of the molecule is Cc1ccc(-c2csc3ncnc(Nc4cc([N+](=O)[O-])ccc4O)c23)cc1C. The molecule has 0 unspecified atom stereocenters. The first-order valence-corrected chi connectivity index (χ1v) is 9.36. The Morgan fingerprint density at radius 2 is 1.93 bits per heavy atom. The molecule has 2 aromatic heterocycles. The first-order valence-electron chi connectivity index (χ1n) is 8.48. The van der Waals surface area contributed by atoms with E-state index in [1.54, 1.807) is 0 Å². The first-order chi connectivity index (χ1) is 13.4. The predicted octanol–water partition coefficient (Wildman–Crippen LogP) is 5.33. The Balaban J connectivity index is 1.85. The molecule has 0 aliphatic rings. The summed E-state index contributed by atoms with van der Waals surface area (Å²) in [6.07, 6.45) is 1.43. The van der Waals surface area contributed by atoms with Crippen molar-refractivity contribution >= 4 is 38.7 Å². The van der Waals surface area contributed by atoms with Gasteiger partial charge in [0.1, 0.15) is 22.7 Å². The summed E-state index contributed by atoms with van der Waals surface area (Å²) in [5, 5.41) is 27.0. The van der Waals surface area contributed by atoms with E-state index in [1.165, 1.54) is 47.0 Å². The molecule has 4 rings (SSSR count). The van der Waals surface area contributed by atoms with Crippen molar-refractivity contribution in [2.75, 3.05) is 5.32 Å². The molecule has 2 aromatic carbocycles. The van der Waals surface area contributed by atoms with Crippen molar-refractivity contribution in [3.05, 3.63) is 69.3 Å². The molecule has 0 saturated carbocycles. The van der Waals surface area contributed by atoms with E-state index in [0.717, 1.165) is 21.3 Å². The topological polar surface area (TPSA) is 101 Å². The predicted molar refractivity (Wildman–Crippen MR) is 110 cm³/mol. The van der Waals surface area contributed by atoms with Gasteiger partial charge in [0.05, 0.1) is 16.0 Å². The smallest absolute Gasteiger partial charge is 0.271 e. The van der Waals surface area contributed by atoms with Gasteiger partial charge in [0.15, 0.2) is 0 Å². The molecule has 7 nitrogen and oxygen atoms in total. The fourth-order valence-corrected chi connectivity index (χ4v) is 3.87. The van der Waals surface area contributed by atoms with Crippen molar-refractivity contribution in [2.24, 2.45) is 0 Å². The van der Waals surface area contributed by atoms with Gasteiger partial charge in [0.2, 0.25) is 0 Å². The van der Waals surface area contributed by atoms with Crippen LogP contribution in [0.3, 0.4) is 0 Å². The van der Waals surface area contributed by atoms with E-state index in [4.69, 9.17) is 0 Å². The first kappa shape index (κ1) is 17.9. The number of hydrogen-bond acceptors (Lipinski definition) is 7. The Morgan fingerprint density at radius 3 is 2.68 bits per heavy atom. The van der Waals surface area contributed by atoms with Crippen molar-refractivity contribution in [3.63, 3.8) is 0 Å². The lowest BCUT2D eigenvalue weighted by Gasteiger charge is -2.10. The maximum Gasteiger partial charge on any atom is 0.271 e. The number of nitrogens with one attached hydrogen (secondary N) is 1. The number of aryl methyl sites for hydroxylation is 2. The number of nitrogens with zero attached hydrogens (tertiary/aromatic N) is 3. The minimum atomic E-state index is -0.509. The van der Waals surface area contributed by atoms with Gasteiger partial charge in [0, 0.05) is 23.1 Å². The van der Waals surface area contributed by atoms with Gasteiger partial charge in [0.25, 0.3) is 5.69 Å². The molecule has 28 heavy (non-hydrogen) atoms. The molecule has 140 valence electrons. The molecule has 0 radical (unpaired) electrons. The Bertz CT molecular complexity index is 1220. The van der Waals surface area contributed by atoms with E-state index >= 15 is 0 Å². The minimum Gasteiger partial charge on any atom is -0.506 e. The molecule has 0 aliphatic carbocycles. The monoisotopic (exact) mass is 392 g/mol. The third-order valence-corrected chi connectivity index (χ3v) is 5.52. The average molecular weight is 392 g/mol. The average Bonchev–Trinajstić information content (AvgIpc) is 3.11. The van der Waals surface area contributed by atoms with Gasteiger partial charge < -0.3 is 10.4 Å². The van der Waals surface area contributed by atoms with Crippen molar-refractivity contribution in [1.29, 1.82) is 0 Å². The van der Waals surface area contributed by atoms with Gasteiger partial charge in [-0.3, -0.25) is 10.1 Å². The summed E-state index contributed by atoms with van der Waals surface area (Å²) < 4.78 is 0. The third kappa shape index (κ3) is 3.14. The number of thiophene rings is 1. The summed E-state index contributed by atoms with van der Waals surface area (Å²) >= 11 is 1.49. The lowest BCUT2D eigenvalue weighted by atomic mass is 10.0. The molecular formula is C20H16N4O3S. The largest absolute Gasteiger partial charge is 0.506 e. The quantitative estimate of drug-likeness (QED) is 0.276. The molecule has 0 amide bonds. The Kier molecular flexibility index (Phi) is 4.40. The zero-order chi connectivity index (χ0) is 19.8. The summed E-state index contributed by atoms with van der Waals surface area (Å²) in [5.74, 6) is 0.385. The van der Waals surface area contributed by atoms with E-state index in [9.17, 15) is 15.2 Å². The van der Waals surface area contributed by atoms with E-state index < -0.39 is 4.92 Å². The Hall–Kier alpha value is -3.52. The molecule has 0 spiro atoms. The molecular weight excluding hydrogens is 376 g/mol. The number of phenols is 1. The van der Waals surface area contributed by atoms with Crippen molar-refractivity contribution in [1.82, 2.24) is 9.97 Å². The van der Waals surface area contributed by atoms with E-state index in [2.05, 4.69) is 41.3 Å². The summed E-state index contributed by atoms with van der Waals surface area (Å²) in [7, 11) is 0. The number of phenolic OH excluding ortho intramolecular Hbond substituents is 1. The summed E-state index contributed by atoms with van der Waals surface area (Å²) in [6, 6.07) is 10.0. The lowest BCUT2D eigenvalue weighted by Crippen LogP contribution is -1.97. The van der Waals surface area contributed by atoms with Gasteiger partial charge >= 0.3 is 0 Å². The van der Waals surface area contributed by atoms with Gasteiger partial charge in [-0.05, 0) is 36.6 Å². The van der Waals surface area contributed by atoms with Crippen LogP contribution in [-0.2, 0) is 0 Å². The third-order valence-electron chi connectivity index (χ3n) is 4.63. The zero-order valence-corrected chi connectivity index (χ0v) is 15.9. The fourth-order valence-electron chi connectivity index (χ4n) is 2.96. The molecule has 0 aliphatic heterocycles. The number of non-ortho nitro benzene ring substituents is 1. The highest BCUT2D eigenvalue weighted by Crippen LogP contribution is 2.39. The number of benzene rings is 2. The van der Waals surface area contributed by atoms with Crippen LogP contribution < -0.4 is 5.32 Å². The Labute approximate surface area is 164 Å². The van der Waals surface area contributed by atoms with Crippen LogP contribution in [0.2, 0.25) is 0 Å². The second-order valence-electron chi connectivity index (χ2n) is 6.43. The number of anilines is 2. The number of nitro benzene ring substituents is 1. The molecule has 2 heterocycles. The van der Waals surface area contributed by atoms with Crippen LogP contribution in [0.15, 0.2) is 48.1 Å². The van der Waals surface area contributed by atoms with Crippen LogP contribution in [0.4, 0.5) is 17.2 Å².